The Morgan fingerprint density at radius 1 is 1.53 bits per heavy atom. The number of phenols is 1. The standard InChI is InChI=1S/C13H18ClNO2/c1-8-9(14)7-10(17-3)12(16)11(8)13(2)5-4-6-15-13/h7,15-16H,4-6H2,1-3H3. The van der Waals surface area contributed by atoms with Crippen LogP contribution in [0.1, 0.15) is 30.9 Å². The summed E-state index contributed by atoms with van der Waals surface area (Å²) in [4.78, 5) is 0. The molecule has 4 heteroatoms. The molecule has 1 aliphatic rings. The Morgan fingerprint density at radius 2 is 2.24 bits per heavy atom. The maximum atomic E-state index is 10.3. The van der Waals surface area contributed by atoms with Crippen molar-refractivity contribution in [3.63, 3.8) is 0 Å². The normalized spacial score (nSPS) is 24.0. The molecular weight excluding hydrogens is 238 g/mol. The molecule has 0 saturated carbocycles. The summed E-state index contributed by atoms with van der Waals surface area (Å²) < 4.78 is 5.16. The molecule has 0 radical (unpaired) electrons. The van der Waals surface area contributed by atoms with Crippen molar-refractivity contribution in [3.8, 4) is 11.5 Å². The maximum absolute atomic E-state index is 10.3. The minimum absolute atomic E-state index is 0.200. The topological polar surface area (TPSA) is 41.5 Å². The highest BCUT2D eigenvalue weighted by Gasteiger charge is 2.35. The van der Waals surface area contributed by atoms with Crippen molar-refractivity contribution in [1.82, 2.24) is 5.32 Å². The third kappa shape index (κ3) is 1.98. The average Bonchev–Trinajstić information content (AvgIpc) is 2.71. The Balaban J connectivity index is 2.62. The molecule has 0 aliphatic carbocycles. The van der Waals surface area contributed by atoms with E-state index in [1.165, 1.54) is 7.11 Å². The first-order chi connectivity index (χ1) is 7.99. The highest BCUT2D eigenvalue weighted by molar-refractivity contribution is 6.31. The minimum Gasteiger partial charge on any atom is -0.504 e. The van der Waals surface area contributed by atoms with Gasteiger partial charge in [-0.05, 0) is 38.8 Å². The van der Waals surface area contributed by atoms with Gasteiger partial charge in [-0.15, -0.1) is 0 Å². The molecule has 1 aromatic carbocycles. The zero-order chi connectivity index (χ0) is 12.6. The van der Waals surface area contributed by atoms with Crippen LogP contribution in [-0.2, 0) is 5.54 Å². The van der Waals surface area contributed by atoms with Crippen LogP contribution in [0.3, 0.4) is 0 Å². The van der Waals surface area contributed by atoms with E-state index >= 15 is 0 Å². The van der Waals surface area contributed by atoms with Gasteiger partial charge < -0.3 is 15.2 Å². The van der Waals surface area contributed by atoms with E-state index in [9.17, 15) is 5.11 Å². The quantitative estimate of drug-likeness (QED) is 0.854. The molecule has 0 bridgehead atoms. The van der Waals surface area contributed by atoms with Gasteiger partial charge in [0.15, 0.2) is 11.5 Å². The Morgan fingerprint density at radius 3 is 2.76 bits per heavy atom. The fourth-order valence-corrected chi connectivity index (χ4v) is 2.84. The third-order valence-corrected chi connectivity index (χ3v) is 3.99. The second kappa shape index (κ2) is 4.39. The highest BCUT2D eigenvalue weighted by Crippen LogP contribution is 2.45. The van der Waals surface area contributed by atoms with Gasteiger partial charge in [-0.3, -0.25) is 0 Å². The SMILES string of the molecule is COc1cc(Cl)c(C)c(C2(C)CCCN2)c1O. The van der Waals surface area contributed by atoms with Crippen molar-refractivity contribution in [1.29, 1.82) is 0 Å². The largest absolute Gasteiger partial charge is 0.504 e. The lowest BCUT2D eigenvalue weighted by molar-refractivity contribution is 0.350. The zero-order valence-corrected chi connectivity index (χ0v) is 11.2. The number of benzene rings is 1. The van der Waals surface area contributed by atoms with Gasteiger partial charge in [0.2, 0.25) is 0 Å². The smallest absolute Gasteiger partial charge is 0.163 e. The first-order valence-electron chi connectivity index (χ1n) is 5.81. The highest BCUT2D eigenvalue weighted by atomic mass is 35.5. The number of phenolic OH excluding ortho intramolecular Hbond substituents is 1. The van der Waals surface area contributed by atoms with E-state index in [2.05, 4.69) is 12.2 Å². The molecule has 94 valence electrons. The first kappa shape index (κ1) is 12.5. The van der Waals surface area contributed by atoms with Crippen molar-refractivity contribution in [2.45, 2.75) is 32.2 Å². The molecule has 1 aromatic rings. The van der Waals surface area contributed by atoms with E-state index in [1.807, 2.05) is 6.92 Å². The predicted molar refractivity (Wildman–Crippen MR) is 69.0 cm³/mol. The number of halogens is 1. The summed E-state index contributed by atoms with van der Waals surface area (Å²) in [5, 5.41) is 14.4. The van der Waals surface area contributed by atoms with Crippen LogP contribution in [0.2, 0.25) is 5.02 Å². The first-order valence-corrected chi connectivity index (χ1v) is 6.19. The van der Waals surface area contributed by atoms with E-state index in [1.54, 1.807) is 6.07 Å². The Kier molecular flexibility index (Phi) is 3.23. The second-order valence-corrected chi connectivity index (χ2v) is 5.18. The molecular formula is C13H18ClNO2. The van der Waals surface area contributed by atoms with Gasteiger partial charge in [-0.1, -0.05) is 11.6 Å². The molecule has 0 spiro atoms. The van der Waals surface area contributed by atoms with Crippen molar-refractivity contribution >= 4 is 11.6 Å². The van der Waals surface area contributed by atoms with Gasteiger partial charge in [0, 0.05) is 22.2 Å². The number of rotatable bonds is 2. The van der Waals surface area contributed by atoms with Crippen LogP contribution < -0.4 is 10.1 Å². The zero-order valence-electron chi connectivity index (χ0n) is 10.4. The van der Waals surface area contributed by atoms with Crippen LogP contribution >= 0.6 is 11.6 Å². The van der Waals surface area contributed by atoms with Gasteiger partial charge in [-0.2, -0.15) is 0 Å². The number of hydrogen-bond acceptors (Lipinski definition) is 3. The van der Waals surface area contributed by atoms with E-state index in [-0.39, 0.29) is 11.3 Å². The molecule has 1 fully saturated rings. The Bertz CT molecular complexity index is 440. The lowest BCUT2D eigenvalue weighted by Gasteiger charge is -2.29. The van der Waals surface area contributed by atoms with Gasteiger partial charge >= 0.3 is 0 Å². The molecule has 1 aliphatic heterocycles. The Hall–Kier alpha value is -0.930. The molecule has 0 amide bonds. The summed E-state index contributed by atoms with van der Waals surface area (Å²) in [5.74, 6) is 0.636. The summed E-state index contributed by atoms with van der Waals surface area (Å²) >= 11 is 6.19. The molecule has 1 saturated heterocycles. The summed E-state index contributed by atoms with van der Waals surface area (Å²) in [7, 11) is 1.54. The van der Waals surface area contributed by atoms with E-state index in [0.717, 1.165) is 30.5 Å². The van der Waals surface area contributed by atoms with E-state index < -0.39 is 0 Å². The monoisotopic (exact) mass is 255 g/mol. The van der Waals surface area contributed by atoms with Crippen LogP contribution in [0.15, 0.2) is 6.07 Å². The molecule has 2 rings (SSSR count). The van der Waals surface area contributed by atoms with Gasteiger partial charge in [0.05, 0.1) is 7.11 Å². The number of ether oxygens (including phenoxy) is 1. The summed E-state index contributed by atoms with van der Waals surface area (Å²) in [6.07, 6.45) is 2.09. The molecule has 0 aromatic heterocycles. The number of hydrogen-bond donors (Lipinski definition) is 2. The fraction of sp³-hybridized carbons (Fsp3) is 0.538. The van der Waals surface area contributed by atoms with Crippen molar-refractivity contribution < 1.29 is 9.84 Å². The van der Waals surface area contributed by atoms with Crippen LogP contribution in [0.25, 0.3) is 0 Å². The maximum Gasteiger partial charge on any atom is 0.163 e. The molecule has 2 N–H and O–H groups in total. The average molecular weight is 256 g/mol. The summed E-state index contributed by atoms with van der Waals surface area (Å²) in [6.45, 7) is 4.99. The minimum atomic E-state index is -0.216. The van der Waals surface area contributed by atoms with Crippen molar-refractivity contribution in [3.05, 3.63) is 22.2 Å². The molecule has 3 nitrogen and oxygen atoms in total. The predicted octanol–water partition coefficient (Wildman–Crippen LogP) is 2.96. The van der Waals surface area contributed by atoms with E-state index in [4.69, 9.17) is 16.3 Å². The second-order valence-electron chi connectivity index (χ2n) is 4.77. The van der Waals surface area contributed by atoms with Crippen molar-refractivity contribution in [2.24, 2.45) is 0 Å². The van der Waals surface area contributed by atoms with E-state index in [0.29, 0.717) is 10.8 Å². The van der Waals surface area contributed by atoms with Crippen molar-refractivity contribution in [2.75, 3.05) is 13.7 Å². The van der Waals surface area contributed by atoms with Crippen LogP contribution in [0.4, 0.5) is 0 Å². The number of nitrogens with one attached hydrogen (secondary N) is 1. The van der Waals surface area contributed by atoms with Crippen LogP contribution in [0.5, 0.6) is 11.5 Å². The number of methoxy groups -OCH3 is 1. The van der Waals surface area contributed by atoms with Gasteiger partial charge in [0.1, 0.15) is 0 Å². The Labute approximate surface area is 107 Å². The molecule has 1 unspecified atom stereocenters. The molecule has 17 heavy (non-hydrogen) atoms. The molecule has 1 heterocycles. The van der Waals surface area contributed by atoms with Crippen LogP contribution in [0, 0.1) is 6.92 Å². The number of aromatic hydroxyl groups is 1. The lowest BCUT2D eigenvalue weighted by Crippen LogP contribution is -2.34. The van der Waals surface area contributed by atoms with Gasteiger partial charge in [0.25, 0.3) is 0 Å². The summed E-state index contributed by atoms with van der Waals surface area (Å²) in [6, 6.07) is 1.66. The van der Waals surface area contributed by atoms with Crippen LogP contribution in [-0.4, -0.2) is 18.8 Å². The summed E-state index contributed by atoms with van der Waals surface area (Å²) in [5.41, 5.74) is 1.56. The van der Waals surface area contributed by atoms with Gasteiger partial charge in [-0.25, -0.2) is 0 Å². The third-order valence-electron chi connectivity index (χ3n) is 3.60. The molecule has 1 atom stereocenters. The fourth-order valence-electron chi connectivity index (χ4n) is 2.65. The lowest BCUT2D eigenvalue weighted by atomic mass is 9.86.